The fourth-order valence-corrected chi connectivity index (χ4v) is 2.11. The maximum atomic E-state index is 11.5. The minimum atomic E-state index is -0.0313. The fourth-order valence-electron chi connectivity index (χ4n) is 1.50. The highest BCUT2D eigenvalue weighted by Gasteiger charge is 2.05. The summed E-state index contributed by atoms with van der Waals surface area (Å²) in [4.78, 5) is 15.6. The lowest BCUT2D eigenvalue weighted by Gasteiger charge is -2.02. The summed E-state index contributed by atoms with van der Waals surface area (Å²) in [5, 5.41) is 11.4. The van der Waals surface area contributed by atoms with Crippen LogP contribution in [0.5, 0.6) is 0 Å². The molecule has 0 radical (unpaired) electrons. The summed E-state index contributed by atoms with van der Waals surface area (Å²) >= 11 is 1.49. The lowest BCUT2D eigenvalue weighted by molar-refractivity contribution is -0.115. The molecule has 0 bridgehead atoms. The van der Waals surface area contributed by atoms with Gasteiger partial charge in [0, 0.05) is 29.7 Å². The number of benzene rings is 1. The van der Waals surface area contributed by atoms with Crippen LogP contribution in [0.15, 0.2) is 54.3 Å². The zero-order valence-electron chi connectivity index (χ0n) is 10.9. The molecule has 1 amide bonds. The van der Waals surface area contributed by atoms with Gasteiger partial charge in [0.2, 0.25) is 5.91 Å². The number of aromatic nitrogens is 1. The predicted molar refractivity (Wildman–Crippen MR) is 81.2 cm³/mol. The van der Waals surface area contributed by atoms with Gasteiger partial charge in [0.25, 0.3) is 0 Å². The average Bonchev–Trinajstić information content (AvgIpc) is 3.15. The SMILES string of the molecule is C1=CNCN1.O=C(Cc1nccs1)Nc1ccccc1. The zero-order valence-corrected chi connectivity index (χ0v) is 11.7. The Morgan fingerprint density at radius 2 is 2.00 bits per heavy atom. The predicted octanol–water partition coefficient (Wildman–Crippen LogP) is 1.93. The third-order valence-electron chi connectivity index (χ3n) is 2.38. The Morgan fingerprint density at radius 3 is 2.55 bits per heavy atom. The van der Waals surface area contributed by atoms with Crippen LogP contribution in [0.3, 0.4) is 0 Å². The van der Waals surface area contributed by atoms with Crippen molar-refractivity contribution in [3.8, 4) is 0 Å². The molecule has 0 unspecified atom stereocenters. The van der Waals surface area contributed by atoms with Crippen LogP contribution in [0.4, 0.5) is 5.69 Å². The van der Waals surface area contributed by atoms with E-state index in [-0.39, 0.29) is 5.91 Å². The number of carbonyl (C=O) groups is 1. The smallest absolute Gasteiger partial charge is 0.231 e. The van der Waals surface area contributed by atoms with Gasteiger partial charge in [-0.1, -0.05) is 18.2 Å². The molecule has 1 aromatic heterocycles. The topological polar surface area (TPSA) is 66.0 Å². The second-order valence-electron chi connectivity index (χ2n) is 3.94. The molecule has 20 heavy (non-hydrogen) atoms. The van der Waals surface area contributed by atoms with E-state index >= 15 is 0 Å². The van der Waals surface area contributed by atoms with E-state index in [4.69, 9.17) is 0 Å². The lowest BCUT2D eigenvalue weighted by atomic mass is 10.3. The van der Waals surface area contributed by atoms with Crippen molar-refractivity contribution >= 4 is 22.9 Å². The second-order valence-corrected chi connectivity index (χ2v) is 4.91. The molecule has 3 rings (SSSR count). The lowest BCUT2D eigenvalue weighted by Crippen LogP contribution is -2.13. The number of rotatable bonds is 3. The molecule has 0 spiro atoms. The van der Waals surface area contributed by atoms with Crippen LogP contribution in [0.2, 0.25) is 0 Å². The molecule has 3 N–H and O–H groups in total. The van der Waals surface area contributed by atoms with Crippen molar-refractivity contribution in [2.24, 2.45) is 0 Å². The molecular formula is C14H16N4OS. The third kappa shape index (κ3) is 5.11. The van der Waals surface area contributed by atoms with Gasteiger partial charge in [-0.2, -0.15) is 0 Å². The number of nitrogens with one attached hydrogen (secondary N) is 3. The highest BCUT2D eigenvalue weighted by atomic mass is 32.1. The Labute approximate surface area is 121 Å². The molecule has 1 aromatic carbocycles. The Bertz CT molecular complexity index is 534. The summed E-state index contributed by atoms with van der Waals surface area (Å²) in [5.41, 5.74) is 0.819. The molecule has 2 heterocycles. The fraction of sp³-hybridized carbons (Fsp3) is 0.143. The number of para-hydroxylation sites is 1. The van der Waals surface area contributed by atoms with Crippen molar-refractivity contribution in [3.63, 3.8) is 0 Å². The summed E-state index contributed by atoms with van der Waals surface area (Å²) in [6.07, 6.45) is 5.79. The number of anilines is 1. The Kier molecular flexibility index (Phi) is 5.60. The van der Waals surface area contributed by atoms with Crippen molar-refractivity contribution in [2.45, 2.75) is 6.42 Å². The van der Waals surface area contributed by atoms with Gasteiger partial charge in [0.15, 0.2) is 0 Å². The van der Waals surface area contributed by atoms with Crippen LogP contribution in [0.25, 0.3) is 0 Å². The maximum Gasteiger partial charge on any atom is 0.231 e. The van der Waals surface area contributed by atoms with Gasteiger partial charge < -0.3 is 16.0 Å². The molecule has 0 saturated heterocycles. The molecule has 0 atom stereocenters. The first-order chi connectivity index (χ1) is 9.84. The minimum Gasteiger partial charge on any atom is -0.373 e. The van der Waals surface area contributed by atoms with E-state index in [2.05, 4.69) is 20.9 Å². The molecule has 1 aliphatic rings. The van der Waals surface area contributed by atoms with Gasteiger partial charge in [-0.3, -0.25) is 4.79 Å². The highest BCUT2D eigenvalue weighted by Crippen LogP contribution is 2.08. The quantitative estimate of drug-likeness (QED) is 0.807. The van der Waals surface area contributed by atoms with Gasteiger partial charge >= 0.3 is 0 Å². The van der Waals surface area contributed by atoms with Crippen LogP contribution < -0.4 is 16.0 Å². The molecule has 0 aliphatic carbocycles. The molecule has 0 saturated carbocycles. The van der Waals surface area contributed by atoms with Gasteiger partial charge in [0.1, 0.15) is 5.01 Å². The van der Waals surface area contributed by atoms with Gasteiger partial charge in [0.05, 0.1) is 13.1 Å². The van der Waals surface area contributed by atoms with Crippen molar-refractivity contribution in [2.75, 3.05) is 12.0 Å². The number of hydrogen-bond donors (Lipinski definition) is 3. The van der Waals surface area contributed by atoms with Crippen molar-refractivity contribution in [3.05, 3.63) is 59.3 Å². The van der Waals surface area contributed by atoms with Crippen LogP contribution in [0, 0.1) is 0 Å². The molecular weight excluding hydrogens is 272 g/mol. The summed E-state index contributed by atoms with van der Waals surface area (Å²) in [6.45, 7) is 0.889. The number of thiazole rings is 1. The maximum absolute atomic E-state index is 11.5. The zero-order chi connectivity index (χ0) is 14.0. The summed E-state index contributed by atoms with van der Waals surface area (Å²) in [7, 11) is 0. The van der Waals surface area contributed by atoms with Crippen LogP contribution >= 0.6 is 11.3 Å². The minimum absolute atomic E-state index is 0.0313. The average molecular weight is 288 g/mol. The third-order valence-corrected chi connectivity index (χ3v) is 3.16. The van der Waals surface area contributed by atoms with E-state index in [1.807, 2.05) is 48.1 Å². The Morgan fingerprint density at radius 1 is 1.25 bits per heavy atom. The molecule has 5 nitrogen and oxygen atoms in total. The Hall–Kier alpha value is -2.34. The summed E-state index contributed by atoms with van der Waals surface area (Å²) in [6, 6.07) is 9.41. The standard InChI is InChI=1S/C11H10N2OS.C3H6N2/c14-10(8-11-12-6-7-15-11)13-9-4-2-1-3-5-9;1-2-5-3-4-1/h1-7H,8H2,(H,13,14);1-2,4-5H,3H2. The van der Waals surface area contributed by atoms with Crippen molar-refractivity contribution in [1.29, 1.82) is 0 Å². The number of nitrogens with zero attached hydrogens (tertiary/aromatic N) is 1. The number of carbonyl (C=O) groups excluding carboxylic acids is 1. The first-order valence-corrected chi connectivity index (χ1v) is 7.07. The first-order valence-electron chi connectivity index (χ1n) is 6.19. The van der Waals surface area contributed by atoms with E-state index in [0.717, 1.165) is 17.4 Å². The monoisotopic (exact) mass is 288 g/mol. The van der Waals surface area contributed by atoms with E-state index in [1.54, 1.807) is 6.20 Å². The van der Waals surface area contributed by atoms with Gasteiger partial charge in [-0.25, -0.2) is 4.98 Å². The van der Waals surface area contributed by atoms with Crippen LogP contribution in [-0.4, -0.2) is 17.6 Å². The molecule has 1 aliphatic heterocycles. The van der Waals surface area contributed by atoms with Crippen LogP contribution in [-0.2, 0) is 11.2 Å². The summed E-state index contributed by atoms with van der Waals surface area (Å²) in [5.74, 6) is -0.0313. The van der Waals surface area contributed by atoms with Gasteiger partial charge in [-0.15, -0.1) is 11.3 Å². The van der Waals surface area contributed by atoms with Crippen LogP contribution in [0.1, 0.15) is 5.01 Å². The van der Waals surface area contributed by atoms with E-state index in [0.29, 0.717) is 6.42 Å². The second kappa shape index (κ2) is 7.96. The number of hydrogen-bond acceptors (Lipinski definition) is 5. The van der Waals surface area contributed by atoms with E-state index in [9.17, 15) is 4.79 Å². The largest absolute Gasteiger partial charge is 0.373 e. The van der Waals surface area contributed by atoms with Gasteiger partial charge in [-0.05, 0) is 12.1 Å². The molecule has 6 heteroatoms. The number of amides is 1. The van der Waals surface area contributed by atoms with E-state index < -0.39 is 0 Å². The molecule has 2 aromatic rings. The van der Waals surface area contributed by atoms with Crippen molar-refractivity contribution in [1.82, 2.24) is 15.6 Å². The normalized spacial score (nSPS) is 11.8. The Balaban J connectivity index is 0.000000247. The molecule has 0 fully saturated rings. The highest BCUT2D eigenvalue weighted by molar-refractivity contribution is 7.09. The molecule has 104 valence electrons. The van der Waals surface area contributed by atoms with E-state index in [1.165, 1.54) is 11.3 Å². The summed E-state index contributed by atoms with van der Waals surface area (Å²) < 4.78 is 0. The van der Waals surface area contributed by atoms with Crippen molar-refractivity contribution < 1.29 is 4.79 Å². The first kappa shape index (κ1) is 14.1.